The third-order valence-electron chi connectivity index (χ3n) is 2.43. The molecule has 1 heterocycles. The summed E-state index contributed by atoms with van der Waals surface area (Å²) in [5, 5.41) is 22.5. The van der Waals surface area contributed by atoms with Crippen LogP contribution in [-0.4, -0.2) is 46.3 Å². The fraction of sp³-hybridized carbons (Fsp3) is 0.583. The lowest BCUT2D eigenvalue weighted by Crippen LogP contribution is -2.27. The first kappa shape index (κ1) is 16.5. The van der Waals surface area contributed by atoms with Crippen molar-refractivity contribution in [3.8, 4) is 0 Å². The van der Waals surface area contributed by atoms with Crippen molar-refractivity contribution in [1.82, 2.24) is 10.3 Å². The van der Waals surface area contributed by atoms with Crippen LogP contribution in [-0.2, 0) is 9.53 Å². The number of carbonyl (C=O) groups is 2. The number of aromatic nitrogens is 1. The highest BCUT2D eigenvalue weighted by Gasteiger charge is 2.23. The molecule has 0 aliphatic rings. The van der Waals surface area contributed by atoms with Crippen molar-refractivity contribution in [2.24, 2.45) is 0 Å². The highest BCUT2D eigenvalue weighted by atomic mass is 32.1. The quantitative estimate of drug-likeness (QED) is 0.623. The molecule has 0 aliphatic carbocycles. The summed E-state index contributed by atoms with van der Waals surface area (Å²) in [5.74, 6) is -0.707. The first-order valence-electron chi connectivity index (χ1n) is 6.19. The van der Waals surface area contributed by atoms with E-state index in [4.69, 9.17) is 4.74 Å². The summed E-state index contributed by atoms with van der Waals surface area (Å²) in [6, 6.07) is 0. The summed E-state index contributed by atoms with van der Waals surface area (Å²) < 4.78 is 4.81. The standard InChI is InChI=1S/C12H18N2O5S/c1-3-19-12(18)9-6-14-11(20-9)10(17)8(16)4-5-13-7(2)15/h6,8,10,16-17H,3-5H2,1-2H3,(H,13,15). The van der Waals surface area contributed by atoms with Gasteiger partial charge in [0.15, 0.2) is 0 Å². The van der Waals surface area contributed by atoms with Crippen molar-refractivity contribution in [1.29, 1.82) is 0 Å². The molecule has 0 aliphatic heterocycles. The van der Waals surface area contributed by atoms with Gasteiger partial charge in [-0.1, -0.05) is 0 Å². The van der Waals surface area contributed by atoms with Crippen LogP contribution in [0.2, 0.25) is 0 Å². The SMILES string of the molecule is CCOC(=O)c1cnc(C(O)C(O)CCNC(C)=O)s1. The molecule has 0 saturated carbocycles. The summed E-state index contributed by atoms with van der Waals surface area (Å²) in [7, 11) is 0. The van der Waals surface area contributed by atoms with E-state index in [2.05, 4.69) is 10.3 Å². The summed E-state index contributed by atoms with van der Waals surface area (Å²) >= 11 is 0.974. The number of hydrogen-bond acceptors (Lipinski definition) is 7. The van der Waals surface area contributed by atoms with Gasteiger partial charge in [0.05, 0.1) is 18.9 Å². The highest BCUT2D eigenvalue weighted by molar-refractivity contribution is 7.13. The second-order valence-corrected chi connectivity index (χ2v) is 5.13. The molecule has 1 aromatic heterocycles. The number of nitrogens with zero attached hydrogens (tertiary/aromatic N) is 1. The molecule has 0 spiro atoms. The maximum Gasteiger partial charge on any atom is 0.349 e. The van der Waals surface area contributed by atoms with Gasteiger partial charge in [0.1, 0.15) is 16.0 Å². The average molecular weight is 302 g/mol. The summed E-state index contributed by atoms with van der Waals surface area (Å²) in [4.78, 5) is 26.3. The minimum atomic E-state index is -1.20. The fourth-order valence-electron chi connectivity index (χ4n) is 1.44. The van der Waals surface area contributed by atoms with Crippen LogP contribution in [0.25, 0.3) is 0 Å². The Morgan fingerprint density at radius 2 is 2.20 bits per heavy atom. The van der Waals surface area contributed by atoms with Crippen LogP contribution in [0.4, 0.5) is 0 Å². The molecule has 0 fully saturated rings. The van der Waals surface area contributed by atoms with E-state index in [9.17, 15) is 19.8 Å². The van der Waals surface area contributed by atoms with Gasteiger partial charge >= 0.3 is 5.97 Å². The highest BCUT2D eigenvalue weighted by Crippen LogP contribution is 2.24. The van der Waals surface area contributed by atoms with Gasteiger partial charge in [0, 0.05) is 13.5 Å². The molecule has 2 atom stereocenters. The van der Waals surface area contributed by atoms with Crippen molar-refractivity contribution in [3.05, 3.63) is 16.1 Å². The van der Waals surface area contributed by atoms with Crippen LogP contribution in [0.15, 0.2) is 6.20 Å². The molecule has 1 aromatic rings. The van der Waals surface area contributed by atoms with Crippen LogP contribution in [0.3, 0.4) is 0 Å². The second-order valence-electron chi connectivity index (χ2n) is 4.07. The van der Waals surface area contributed by atoms with Crippen molar-refractivity contribution in [2.45, 2.75) is 32.5 Å². The van der Waals surface area contributed by atoms with E-state index < -0.39 is 18.2 Å². The zero-order valence-corrected chi connectivity index (χ0v) is 12.1. The van der Waals surface area contributed by atoms with Crippen LogP contribution < -0.4 is 5.32 Å². The topological polar surface area (TPSA) is 109 Å². The number of nitrogens with one attached hydrogen (secondary N) is 1. The number of amides is 1. The molecule has 7 nitrogen and oxygen atoms in total. The van der Waals surface area contributed by atoms with Crippen molar-refractivity contribution in [3.63, 3.8) is 0 Å². The van der Waals surface area contributed by atoms with Gasteiger partial charge in [-0.3, -0.25) is 4.79 Å². The molecule has 0 aromatic carbocycles. The molecule has 20 heavy (non-hydrogen) atoms. The van der Waals surface area contributed by atoms with E-state index in [1.54, 1.807) is 6.92 Å². The molecule has 0 saturated heterocycles. The van der Waals surface area contributed by atoms with Crippen LogP contribution in [0.1, 0.15) is 41.1 Å². The predicted octanol–water partition coefficient (Wildman–Crippen LogP) is 0.240. The Hall–Kier alpha value is -1.51. The third kappa shape index (κ3) is 4.87. The van der Waals surface area contributed by atoms with E-state index in [1.807, 2.05) is 0 Å². The Morgan fingerprint density at radius 3 is 2.80 bits per heavy atom. The molecule has 1 amide bonds. The fourth-order valence-corrected chi connectivity index (χ4v) is 2.30. The molecular weight excluding hydrogens is 284 g/mol. The van der Waals surface area contributed by atoms with Gasteiger partial charge in [-0.25, -0.2) is 9.78 Å². The number of esters is 1. The molecule has 2 unspecified atom stereocenters. The average Bonchev–Trinajstić information content (AvgIpc) is 2.87. The molecule has 3 N–H and O–H groups in total. The summed E-state index contributed by atoms with van der Waals surface area (Å²) in [6.45, 7) is 3.58. The van der Waals surface area contributed by atoms with Crippen LogP contribution >= 0.6 is 11.3 Å². The number of carbonyl (C=O) groups excluding carboxylic acids is 2. The molecule has 1 rings (SSSR count). The number of ether oxygens (including phenoxy) is 1. The van der Waals surface area contributed by atoms with Gasteiger partial charge < -0.3 is 20.3 Å². The van der Waals surface area contributed by atoms with Gasteiger partial charge in [-0.05, 0) is 13.3 Å². The lowest BCUT2D eigenvalue weighted by molar-refractivity contribution is -0.119. The zero-order valence-electron chi connectivity index (χ0n) is 11.3. The number of rotatable bonds is 7. The van der Waals surface area contributed by atoms with E-state index in [-0.39, 0.29) is 35.4 Å². The van der Waals surface area contributed by atoms with Gasteiger partial charge in [-0.2, -0.15) is 0 Å². The Balaban J connectivity index is 2.56. The summed E-state index contributed by atoms with van der Waals surface area (Å²) in [5.41, 5.74) is 0. The zero-order chi connectivity index (χ0) is 15.1. The van der Waals surface area contributed by atoms with E-state index in [0.29, 0.717) is 0 Å². The summed E-state index contributed by atoms with van der Waals surface area (Å²) in [6.07, 6.45) is -0.767. The monoisotopic (exact) mass is 302 g/mol. The minimum absolute atomic E-state index is 0.190. The van der Waals surface area contributed by atoms with Crippen LogP contribution in [0.5, 0.6) is 0 Å². The smallest absolute Gasteiger partial charge is 0.349 e. The normalized spacial score (nSPS) is 13.6. The lowest BCUT2D eigenvalue weighted by atomic mass is 10.1. The molecular formula is C12H18N2O5S. The lowest BCUT2D eigenvalue weighted by Gasteiger charge is -2.15. The van der Waals surface area contributed by atoms with Gasteiger partial charge in [0.25, 0.3) is 0 Å². The van der Waals surface area contributed by atoms with Gasteiger partial charge in [-0.15, -0.1) is 11.3 Å². The largest absolute Gasteiger partial charge is 0.462 e. The Labute approximate surface area is 120 Å². The molecule has 8 heteroatoms. The molecule has 0 radical (unpaired) electrons. The van der Waals surface area contributed by atoms with E-state index in [0.717, 1.165) is 11.3 Å². The second kappa shape index (κ2) is 7.93. The van der Waals surface area contributed by atoms with E-state index in [1.165, 1.54) is 13.1 Å². The van der Waals surface area contributed by atoms with Crippen LogP contribution in [0, 0.1) is 0 Å². The Kier molecular flexibility index (Phi) is 6.56. The predicted molar refractivity (Wildman–Crippen MR) is 72.3 cm³/mol. The maximum absolute atomic E-state index is 11.5. The first-order valence-corrected chi connectivity index (χ1v) is 7.00. The Bertz CT molecular complexity index is 462. The number of thiazole rings is 1. The number of hydrogen-bond donors (Lipinski definition) is 3. The maximum atomic E-state index is 11.5. The number of aliphatic hydroxyl groups excluding tert-OH is 2. The van der Waals surface area contributed by atoms with Gasteiger partial charge in [0.2, 0.25) is 5.91 Å². The molecule has 0 bridgehead atoms. The van der Waals surface area contributed by atoms with Crippen molar-refractivity contribution in [2.75, 3.05) is 13.2 Å². The van der Waals surface area contributed by atoms with Crippen molar-refractivity contribution >= 4 is 23.2 Å². The van der Waals surface area contributed by atoms with E-state index >= 15 is 0 Å². The minimum Gasteiger partial charge on any atom is -0.462 e. The molecule has 112 valence electrons. The Morgan fingerprint density at radius 1 is 1.50 bits per heavy atom. The number of aliphatic hydroxyl groups is 2. The third-order valence-corrected chi connectivity index (χ3v) is 3.48. The first-order chi connectivity index (χ1) is 9.45. The van der Waals surface area contributed by atoms with Crippen molar-refractivity contribution < 1.29 is 24.5 Å².